The Balaban J connectivity index is 2.16. The highest BCUT2D eigenvalue weighted by Gasteiger charge is 2.17. The van der Waals surface area contributed by atoms with E-state index in [2.05, 4.69) is 40.6 Å². The molecule has 4 nitrogen and oxygen atoms in total. The number of rotatable bonds is 6. The Kier molecular flexibility index (Phi) is 4.71. The summed E-state index contributed by atoms with van der Waals surface area (Å²) >= 11 is 1.80. The predicted molar refractivity (Wildman–Crippen MR) is 79.5 cm³/mol. The molecule has 2 rings (SSSR count). The van der Waals surface area contributed by atoms with Gasteiger partial charge in [-0.1, -0.05) is 6.92 Å². The van der Waals surface area contributed by atoms with E-state index in [0.29, 0.717) is 0 Å². The van der Waals surface area contributed by atoms with E-state index < -0.39 is 0 Å². The molecule has 0 aliphatic rings. The molecule has 19 heavy (non-hydrogen) atoms. The van der Waals surface area contributed by atoms with Gasteiger partial charge in [-0.05, 0) is 26.8 Å². The third-order valence-electron chi connectivity index (χ3n) is 3.30. The third-order valence-corrected chi connectivity index (χ3v) is 4.40. The number of aryl methyl sites for hydroxylation is 3. The number of imidazole rings is 1. The Morgan fingerprint density at radius 3 is 2.74 bits per heavy atom. The number of thiazole rings is 1. The molecule has 104 valence electrons. The van der Waals surface area contributed by atoms with Gasteiger partial charge in [-0.25, -0.2) is 9.97 Å². The van der Waals surface area contributed by atoms with Gasteiger partial charge < -0.3 is 9.88 Å². The highest BCUT2D eigenvalue weighted by Crippen LogP contribution is 2.23. The lowest BCUT2D eigenvalue weighted by Gasteiger charge is -2.17. The van der Waals surface area contributed by atoms with Crippen LogP contribution in [0.15, 0.2) is 12.5 Å². The third kappa shape index (κ3) is 3.42. The largest absolute Gasteiger partial charge is 0.336 e. The molecule has 0 aliphatic carbocycles. The summed E-state index contributed by atoms with van der Waals surface area (Å²) in [6.07, 6.45) is 5.86. The van der Waals surface area contributed by atoms with E-state index in [1.807, 2.05) is 19.6 Å². The molecule has 0 amide bonds. The fourth-order valence-corrected chi connectivity index (χ4v) is 3.08. The quantitative estimate of drug-likeness (QED) is 0.883. The molecule has 0 radical (unpaired) electrons. The van der Waals surface area contributed by atoms with Crippen molar-refractivity contribution in [3.63, 3.8) is 0 Å². The second-order valence-corrected chi connectivity index (χ2v) is 6.18. The fraction of sp³-hybridized carbons (Fsp3) is 0.571. The van der Waals surface area contributed by atoms with Gasteiger partial charge in [-0.15, -0.1) is 11.3 Å². The molecular formula is C14H22N4S. The van der Waals surface area contributed by atoms with E-state index in [4.69, 9.17) is 0 Å². The summed E-state index contributed by atoms with van der Waals surface area (Å²) in [6, 6.07) is 0.289. The van der Waals surface area contributed by atoms with Crippen molar-refractivity contribution < 1.29 is 0 Å². The van der Waals surface area contributed by atoms with Crippen molar-refractivity contribution in [1.82, 2.24) is 19.9 Å². The Morgan fingerprint density at radius 2 is 2.21 bits per heavy atom. The SMILES string of the molecule is CCCNC(Cc1nc(C)c(C)s1)c1cncn1C. The molecule has 2 aromatic heterocycles. The first kappa shape index (κ1) is 14.2. The van der Waals surface area contributed by atoms with Crippen LogP contribution in [0.3, 0.4) is 0 Å². The number of hydrogen-bond acceptors (Lipinski definition) is 4. The maximum Gasteiger partial charge on any atom is 0.0950 e. The zero-order chi connectivity index (χ0) is 13.8. The molecule has 5 heteroatoms. The Bertz CT molecular complexity index is 510. The lowest BCUT2D eigenvalue weighted by molar-refractivity contribution is 0.503. The maximum absolute atomic E-state index is 4.65. The van der Waals surface area contributed by atoms with Crippen LogP contribution in [0.1, 0.15) is 40.7 Å². The van der Waals surface area contributed by atoms with Gasteiger partial charge in [0.05, 0.1) is 28.8 Å². The van der Waals surface area contributed by atoms with Crippen LogP contribution in [0.5, 0.6) is 0 Å². The smallest absolute Gasteiger partial charge is 0.0950 e. The first-order valence-electron chi connectivity index (χ1n) is 6.74. The molecule has 2 heterocycles. The molecular weight excluding hydrogens is 256 g/mol. The summed E-state index contributed by atoms with van der Waals surface area (Å²) in [5.74, 6) is 0. The molecule has 1 unspecified atom stereocenters. The van der Waals surface area contributed by atoms with Crippen molar-refractivity contribution in [3.8, 4) is 0 Å². The highest BCUT2D eigenvalue weighted by molar-refractivity contribution is 7.11. The monoisotopic (exact) mass is 278 g/mol. The van der Waals surface area contributed by atoms with Gasteiger partial charge in [-0.2, -0.15) is 0 Å². The number of hydrogen-bond donors (Lipinski definition) is 1. The minimum Gasteiger partial charge on any atom is -0.336 e. The van der Waals surface area contributed by atoms with E-state index >= 15 is 0 Å². The topological polar surface area (TPSA) is 42.7 Å². The minimum atomic E-state index is 0.289. The highest BCUT2D eigenvalue weighted by atomic mass is 32.1. The average molecular weight is 278 g/mol. The molecule has 1 N–H and O–H groups in total. The van der Waals surface area contributed by atoms with Crippen LogP contribution in [0.2, 0.25) is 0 Å². The molecule has 1 atom stereocenters. The molecule has 2 aromatic rings. The van der Waals surface area contributed by atoms with E-state index in [9.17, 15) is 0 Å². The summed E-state index contributed by atoms with van der Waals surface area (Å²) in [6.45, 7) is 7.41. The lowest BCUT2D eigenvalue weighted by Crippen LogP contribution is -2.25. The number of aromatic nitrogens is 3. The van der Waals surface area contributed by atoms with E-state index in [1.54, 1.807) is 11.3 Å². The van der Waals surface area contributed by atoms with Gasteiger partial charge in [-0.3, -0.25) is 0 Å². The van der Waals surface area contributed by atoms with Gasteiger partial charge in [0.1, 0.15) is 0 Å². The Morgan fingerprint density at radius 1 is 1.42 bits per heavy atom. The summed E-state index contributed by atoms with van der Waals surface area (Å²) in [7, 11) is 2.04. The van der Waals surface area contributed by atoms with Crippen LogP contribution in [-0.4, -0.2) is 21.1 Å². The molecule has 0 saturated carbocycles. The van der Waals surface area contributed by atoms with Gasteiger partial charge in [0.15, 0.2) is 0 Å². The van der Waals surface area contributed by atoms with Crippen LogP contribution in [0.4, 0.5) is 0 Å². The molecule has 0 saturated heterocycles. The summed E-state index contributed by atoms with van der Waals surface area (Å²) in [5, 5.41) is 4.79. The Hall–Kier alpha value is -1.20. The van der Waals surface area contributed by atoms with Gasteiger partial charge >= 0.3 is 0 Å². The van der Waals surface area contributed by atoms with Crippen molar-refractivity contribution in [1.29, 1.82) is 0 Å². The average Bonchev–Trinajstić information content (AvgIpc) is 2.92. The van der Waals surface area contributed by atoms with Crippen molar-refractivity contribution in [3.05, 3.63) is 33.8 Å². The first-order chi connectivity index (χ1) is 9.11. The zero-order valence-corrected chi connectivity index (χ0v) is 12.9. The number of nitrogens with zero attached hydrogens (tertiary/aromatic N) is 3. The van der Waals surface area contributed by atoms with Crippen molar-refractivity contribution in [2.24, 2.45) is 7.05 Å². The van der Waals surface area contributed by atoms with Crippen molar-refractivity contribution in [2.45, 2.75) is 39.7 Å². The van der Waals surface area contributed by atoms with Gasteiger partial charge in [0, 0.05) is 24.5 Å². The molecule has 0 aromatic carbocycles. The second-order valence-electron chi connectivity index (χ2n) is 4.89. The lowest BCUT2D eigenvalue weighted by atomic mass is 10.1. The van der Waals surface area contributed by atoms with E-state index in [1.165, 1.54) is 15.6 Å². The molecule has 0 spiro atoms. The number of nitrogens with one attached hydrogen (secondary N) is 1. The molecule has 0 fully saturated rings. The van der Waals surface area contributed by atoms with Crippen LogP contribution in [0, 0.1) is 13.8 Å². The minimum absolute atomic E-state index is 0.289. The van der Waals surface area contributed by atoms with Crippen molar-refractivity contribution in [2.75, 3.05) is 6.54 Å². The fourth-order valence-electron chi connectivity index (χ4n) is 2.10. The second kappa shape index (κ2) is 6.30. The summed E-state index contributed by atoms with van der Waals surface area (Å²) in [4.78, 5) is 10.2. The van der Waals surface area contributed by atoms with Crippen LogP contribution < -0.4 is 5.32 Å². The van der Waals surface area contributed by atoms with E-state index in [-0.39, 0.29) is 6.04 Å². The zero-order valence-electron chi connectivity index (χ0n) is 12.1. The maximum atomic E-state index is 4.65. The predicted octanol–water partition coefficient (Wildman–Crippen LogP) is 2.78. The van der Waals surface area contributed by atoms with Gasteiger partial charge in [0.2, 0.25) is 0 Å². The van der Waals surface area contributed by atoms with E-state index in [0.717, 1.165) is 25.1 Å². The standard InChI is InChI=1S/C14H22N4S/c1-5-6-16-12(13-8-15-9-18(13)4)7-14-17-10(2)11(3)19-14/h8-9,12,16H,5-7H2,1-4H3. The summed E-state index contributed by atoms with van der Waals surface area (Å²) in [5.41, 5.74) is 2.37. The Labute approximate surface area is 118 Å². The normalized spacial score (nSPS) is 12.8. The van der Waals surface area contributed by atoms with Crippen molar-refractivity contribution >= 4 is 11.3 Å². The molecule has 0 aliphatic heterocycles. The van der Waals surface area contributed by atoms with Crippen LogP contribution in [-0.2, 0) is 13.5 Å². The van der Waals surface area contributed by atoms with Crippen LogP contribution >= 0.6 is 11.3 Å². The van der Waals surface area contributed by atoms with Gasteiger partial charge in [0.25, 0.3) is 0 Å². The first-order valence-corrected chi connectivity index (χ1v) is 7.56. The summed E-state index contributed by atoms with van der Waals surface area (Å²) < 4.78 is 2.08. The molecule has 0 bridgehead atoms. The van der Waals surface area contributed by atoms with Crippen LogP contribution in [0.25, 0.3) is 0 Å².